The summed E-state index contributed by atoms with van der Waals surface area (Å²) in [6, 6.07) is 10.4. The molecule has 0 radical (unpaired) electrons. The SMILES string of the molecule is CCN(CC)C(=O)Oc1ccc(C=CC(=O)Nc2ccc([N+](=O)[O-])cc2)cc1OC. The molecule has 9 heteroatoms. The molecule has 30 heavy (non-hydrogen) atoms. The number of non-ortho nitro benzene ring substituents is 1. The average Bonchev–Trinajstić information content (AvgIpc) is 2.74. The number of ether oxygens (including phenoxy) is 2. The molecule has 0 saturated carbocycles. The van der Waals surface area contributed by atoms with Crippen molar-refractivity contribution in [3.8, 4) is 11.5 Å². The smallest absolute Gasteiger partial charge is 0.415 e. The fourth-order valence-electron chi connectivity index (χ4n) is 2.53. The molecule has 2 aromatic rings. The molecule has 0 saturated heterocycles. The lowest BCUT2D eigenvalue weighted by Gasteiger charge is -2.18. The maximum absolute atomic E-state index is 12.1. The number of rotatable bonds is 8. The monoisotopic (exact) mass is 413 g/mol. The topological polar surface area (TPSA) is 111 Å². The van der Waals surface area contributed by atoms with Crippen LogP contribution in [0.1, 0.15) is 19.4 Å². The van der Waals surface area contributed by atoms with Gasteiger partial charge in [0.1, 0.15) is 0 Å². The fraction of sp³-hybridized carbons (Fsp3) is 0.238. The van der Waals surface area contributed by atoms with Crippen molar-refractivity contribution in [1.82, 2.24) is 4.90 Å². The number of carbonyl (C=O) groups is 2. The lowest BCUT2D eigenvalue weighted by Crippen LogP contribution is -2.33. The third-order valence-electron chi connectivity index (χ3n) is 4.18. The van der Waals surface area contributed by atoms with Crippen LogP contribution in [-0.4, -0.2) is 42.0 Å². The normalized spacial score (nSPS) is 10.5. The number of hydrogen-bond acceptors (Lipinski definition) is 6. The van der Waals surface area contributed by atoms with Crippen molar-refractivity contribution >= 4 is 29.5 Å². The Balaban J connectivity index is 2.05. The Morgan fingerprint density at radius 2 is 1.77 bits per heavy atom. The van der Waals surface area contributed by atoms with Gasteiger partial charge in [-0.3, -0.25) is 14.9 Å². The second kappa shape index (κ2) is 10.6. The van der Waals surface area contributed by atoms with Gasteiger partial charge in [0.25, 0.3) is 5.69 Å². The summed E-state index contributed by atoms with van der Waals surface area (Å²) in [4.78, 5) is 35.9. The van der Waals surface area contributed by atoms with Gasteiger partial charge in [0.15, 0.2) is 11.5 Å². The van der Waals surface area contributed by atoms with Crippen molar-refractivity contribution < 1.29 is 24.0 Å². The van der Waals surface area contributed by atoms with Crippen molar-refractivity contribution in [1.29, 1.82) is 0 Å². The number of nitrogens with one attached hydrogen (secondary N) is 1. The predicted molar refractivity (Wildman–Crippen MR) is 113 cm³/mol. The summed E-state index contributed by atoms with van der Waals surface area (Å²) in [7, 11) is 1.46. The minimum Gasteiger partial charge on any atom is -0.493 e. The van der Waals surface area contributed by atoms with E-state index in [4.69, 9.17) is 9.47 Å². The first-order chi connectivity index (χ1) is 14.4. The maximum Gasteiger partial charge on any atom is 0.415 e. The van der Waals surface area contributed by atoms with Crippen molar-refractivity contribution in [2.75, 3.05) is 25.5 Å². The van der Waals surface area contributed by atoms with E-state index in [-0.39, 0.29) is 11.4 Å². The summed E-state index contributed by atoms with van der Waals surface area (Å²) in [5.41, 5.74) is 1.04. The van der Waals surface area contributed by atoms with Crippen molar-refractivity contribution in [2.24, 2.45) is 0 Å². The molecule has 0 aliphatic rings. The van der Waals surface area contributed by atoms with Gasteiger partial charge in [-0.15, -0.1) is 0 Å². The van der Waals surface area contributed by atoms with E-state index in [9.17, 15) is 19.7 Å². The summed E-state index contributed by atoms with van der Waals surface area (Å²) in [5, 5.41) is 13.3. The van der Waals surface area contributed by atoms with Gasteiger partial charge in [0.2, 0.25) is 5.91 Å². The van der Waals surface area contributed by atoms with Crippen LogP contribution in [0.3, 0.4) is 0 Å². The van der Waals surface area contributed by atoms with Gasteiger partial charge >= 0.3 is 6.09 Å². The summed E-state index contributed by atoms with van der Waals surface area (Å²) in [6.45, 7) is 4.78. The summed E-state index contributed by atoms with van der Waals surface area (Å²) in [6.07, 6.45) is 2.42. The van der Waals surface area contributed by atoms with Gasteiger partial charge in [0, 0.05) is 37.0 Å². The van der Waals surface area contributed by atoms with E-state index in [0.717, 1.165) is 0 Å². The molecule has 0 unspecified atom stereocenters. The first kappa shape index (κ1) is 22.4. The standard InChI is InChI=1S/C21H23N3O6/c1-4-23(5-2)21(26)30-18-12-6-15(14-19(18)29-3)7-13-20(25)22-16-8-10-17(11-9-16)24(27)28/h6-14H,4-5H2,1-3H3,(H,22,25). The number of methoxy groups -OCH3 is 1. The molecular formula is C21H23N3O6. The van der Waals surface area contributed by atoms with E-state index in [0.29, 0.717) is 30.1 Å². The first-order valence-corrected chi connectivity index (χ1v) is 9.26. The molecule has 0 heterocycles. The van der Waals surface area contributed by atoms with Gasteiger partial charge in [0.05, 0.1) is 12.0 Å². The number of nitrogens with zero attached hydrogens (tertiary/aromatic N) is 2. The third kappa shape index (κ3) is 6.06. The van der Waals surface area contributed by atoms with Gasteiger partial charge in [-0.25, -0.2) is 4.79 Å². The van der Waals surface area contributed by atoms with E-state index >= 15 is 0 Å². The van der Waals surface area contributed by atoms with Crippen molar-refractivity contribution in [2.45, 2.75) is 13.8 Å². The van der Waals surface area contributed by atoms with Crippen LogP contribution in [0.2, 0.25) is 0 Å². The average molecular weight is 413 g/mol. The van der Waals surface area contributed by atoms with E-state index in [1.165, 1.54) is 42.4 Å². The summed E-state index contributed by atoms with van der Waals surface area (Å²) < 4.78 is 10.7. The minimum atomic E-state index is -0.512. The number of benzene rings is 2. The number of amides is 2. The number of hydrogen-bond donors (Lipinski definition) is 1. The second-order valence-electron chi connectivity index (χ2n) is 6.08. The van der Waals surface area contributed by atoms with E-state index in [1.807, 2.05) is 13.8 Å². The fourth-order valence-corrected chi connectivity index (χ4v) is 2.53. The van der Waals surface area contributed by atoms with Crippen LogP contribution >= 0.6 is 0 Å². The number of nitro groups is 1. The van der Waals surface area contributed by atoms with Crippen LogP contribution in [0.5, 0.6) is 11.5 Å². The zero-order valence-electron chi connectivity index (χ0n) is 17.0. The molecule has 1 N–H and O–H groups in total. The van der Waals surface area contributed by atoms with Crippen LogP contribution in [0.25, 0.3) is 6.08 Å². The highest BCUT2D eigenvalue weighted by molar-refractivity contribution is 6.02. The third-order valence-corrected chi connectivity index (χ3v) is 4.18. The zero-order valence-corrected chi connectivity index (χ0v) is 17.0. The van der Waals surface area contributed by atoms with Crippen LogP contribution in [0, 0.1) is 10.1 Å². The van der Waals surface area contributed by atoms with Crippen LogP contribution in [0.15, 0.2) is 48.5 Å². The highest BCUT2D eigenvalue weighted by atomic mass is 16.6. The molecule has 2 aromatic carbocycles. The Kier molecular flexibility index (Phi) is 7.92. The molecular weight excluding hydrogens is 390 g/mol. The van der Waals surface area contributed by atoms with Crippen LogP contribution in [0.4, 0.5) is 16.2 Å². The number of anilines is 1. The first-order valence-electron chi connectivity index (χ1n) is 9.26. The lowest BCUT2D eigenvalue weighted by molar-refractivity contribution is -0.384. The zero-order chi connectivity index (χ0) is 22.1. The Morgan fingerprint density at radius 3 is 2.33 bits per heavy atom. The molecule has 0 aromatic heterocycles. The van der Waals surface area contributed by atoms with Gasteiger partial charge < -0.3 is 19.7 Å². The highest BCUT2D eigenvalue weighted by Gasteiger charge is 2.15. The molecule has 2 rings (SSSR count). The number of carbonyl (C=O) groups excluding carboxylic acids is 2. The molecule has 0 aliphatic heterocycles. The molecule has 0 bridgehead atoms. The Bertz CT molecular complexity index is 936. The van der Waals surface area contributed by atoms with Crippen molar-refractivity contribution in [3.63, 3.8) is 0 Å². The van der Waals surface area contributed by atoms with Gasteiger partial charge in [-0.05, 0) is 49.8 Å². The Hall–Kier alpha value is -3.88. The molecule has 0 atom stereocenters. The maximum atomic E-state index is 12.1. The quantitative estimate of drug-likeness (QED) is 0.396. The van der Waals surface area contributed by atoms with Crippen LogP contribution in [-0.2, 0) is 4.79 Å². The molecule has 9 nitrogen and oxygen atoms in total. The second-order valence-corrected chi connectivity index (χ2v) is 6.08. The van der Waals surface area contributed by atoms with E-state index in [1.54, 1.807) is 24.3 Å². The minimum absolute atomic E-state index is 0.0579. The highest BCUT2D eigenvalue weighted by Crippen LogP contribution is 2.29. The summed E-state index contributed by atoms with van der Waals surface area (Å²) >= 11 is 0. The molecule has 0 fully saturated rings. The van der Waals surface area contributed by atoms with Gasteiger partial charge in [-0.2, -0.15) is 0 Å². The Morgan fingerprint density at radius 1 is 1.10 bits per heavy atom. The van der Waals surface area contributed by atoms with Crippen LogP contribution < -0.4 is 14.8 Å². The largest absolute Gasteiger partial charge is 0.493 e. The number of nitro benzene ring substituents is 1. The predicted octanol–water partition coefficient (Wildman–Crippen LogP) is 4.10. The van der Waals surface area contributed by atoms with Gasteiger partial charge in [-0.1, -0.05) is 6.07 Å². The Labute approximate surface area is 174 Å². The van der Waals surface area contributed by atoms with Crippen molar-refractivity contribution in [3.05, 3.63) is 64.2 Å². The molecule has 158 valence electrons. The molecule has 0 spiro atoms. The lowest BCUT2D eigenvalue weighted by atomic mass is 10.2. The molecule has 0 aliphatic carbocycles. The van der Waals surface area contributed by atoms with E-state index < -0.39 is 16.9 Å². The van der Waals surface area contributed by atoms with E-state index in [2.05, 4.69) is 5.32 Å². The molecule has 2 amide bonds. The summed E-state index contributed by atoms with van der Waals surface area (Å²) in [5.74, 6) is 0.232.